The zero-order valence-corrected chi connectivity index (χ0v) is 16.7. The minimum Gasteiger partial charge on any atom is -0.406 e. The number of hydrogen-bond acceptors (Lipinski definition) is 6. The molecule has 0 spiro atoms. The van der Waals surface area contributed by atoms with E-state index >= 15 is 0 Å². The predicted molar refractivity (Wildman–Crippen MR) is 109 cm³/mol. The van der Waals surface area contributed by atoms with Gasteiger partial charge < -0.3 is 20.5 Å². The molecule has 164 valence electrons. The summed E-state index contributed by atoms with van der Waals surface area (Å²) in [6.07, 6.45) is -4.82. The van der Waals surface area contributed by atoms with Gasteiger partial charge in [-0.15, -0.1) is 13.2 Å². The Morgan fingerprint density at radius 1 is 1.10 bits per heavy atom. The predicted octanol–water partition coefficient (Wildman–Crippen LogP) is 5.03. The lowest BCUT2D eigenvalue weighted by Crippen LogP contribution is -2.21. The van der Waals surface area contributed by atoms with Gasteiger partial charge in [-0.1, -0.05) is 18.2 Å². The molecule has 0 saturated carbocycles. The molecule has 1 atom stereocenters. The summed E-state index contributed by atoms with van der Waals surface area (Å²) in [5.74, 6) is -0.375. The fourth-order valence-electron chi connectivity index (χ4n) is 2.66. The SMILES string of the molecule is Cc1ccc(Nc2cc(-c3cccc(OC(F)(F)F)c3)nc(N[C@H](C)CO)n2)cc1F. The minimum absolute atomic E-state index is 0.135. The molecule has 3 rings (SSSR count). The first kappa shape index (κ1) is 22.3. The third-order valence-electron chi connectivity index (χ3n) is 4.18. The number of aliphatic hydroxyl groups excluding tert-OH is 1. The molecule has 0 unspecified atom stereocenters. The highest BCUT2D eigenvalue weighted by atomic mass is 19.4. The van der Waals surface area contributed by atoms with Crippen molar-refractivity contribution in [3.05, 3.63) is 59.9 Å². The minimum atomic E-state index is -4.82. The Bertz CT molecular complexity index is 1060. The topological polar surface area (TPSA) is 79.3 Å². The van der Waals surface area contributed by atoms with E-state index in [-0.39, 0.29) is 24.4 Å². The lowest BCUT2D eigenvalue weighted by molar-refractivity contribution is -0.274. The van der Waals surface area contributed by atoms with E-state index in [1.54, 1.807) is 32.0 Å². The van der Waals surface area contributed by atoms with Crippen molar-refractivity contribution in [2.24, 2.45) is 0 Å². The number of rotatable bonds is 7. The van der Waals surface area contributed by atoms with Crippen LogP contribution in [0, 0.1) is 12.7 Å². The van der Waals surface area contributed by atoms with Crippen LogP contribution in [0.5, 0.6) is 5.75 Å². The van der Waals surface area contributed by atoms with E-state index in [9.17, 15) is 22.7 Å². The van der Waals surface area contributed by atoms with E-state index in [1.165, 1.54) is 30.3 Å². The molecule has 0 aliphatic heterocycles. The van der Waals surface area contributed by atoms with Gasteiger partial charge in [-0.3, -0.25) is 0 Å². The van der Waals surface area contributed by atoms with Crippen LogP contribution in [0.4, 0.5) is 35.0 Å². The molecule has 0 aliphatic rings. The molecule has 31 heavy (non-hydrogen) atoms. The first-order valence-electron chi connectivity index (χ1n) is 9.29. The summed E-state index contributed by atoms with van der Waals surface area (Å²) < 4.78 is 55.6. The molecule has 0 saturated heterocycles. The normalized spacial score (nSPS) is 12.4. The number of nitrogens with zero attached hydrogens (tertiary/aromatic N) is 2. The highest BCUT2D eigenvalue weighted by molar-refractivity contribution is 5.68. The zero-order chi connectivity index (χ0) is 22.6. The van der Waals surface area contributed by atoms with Gasteiger partial charge in [0.05, 0.1) is 12.3 Å². The second kappa shape index (κ2) is 9.17. The van der Waals surface area contributed by atoms with Gasteiger partial charge in [0.2, 0.25) is 5.95 Å². The van der Waals surface area contributed by atoms with Gasteiger partial charge in [-0.25, -0.2) is 9.37 Å². The Morgan fingerprint density at radius 2 is 1.87 bits per heavy atom. The van der Waals surface area contributed by atoms with Crippen molar-refractivity contribution >= 4 is 17.5 Å². The zero-order valence-electron chi connectivity index (χ0n) is 16.7. The van der Waals surface area contributed by atoms with E-state index in [0.717, 1.165) is 0 Å². The van der Waals surface area contributed by atoms with E-state index in [4.69, 9.17) is 0 Å². The van der Waals surface area contributed by atoms with Crippen LogP contribution in [-0.2, 0) is 0 Å². The van der Waals surface area contributed by atoms with Crippen LogP contribution in [0.15, 0.2) is 48.5 Å². The van der Waals surface area contributed by atoms with Gasteiger partial charge in [-0.05, 0) is 43.7 Å². The quantitative estimate of drug-likeness (QED) is 0.451. The first-order valence-corrected chi connectivity index (χ1v) is 9.29. The molecule has 1 heterocycles. The fourth-order valence-corrected chi connectivity index (χ4v) is 2.66. The second-order valence-corrected chi connectivity index (χ2v) is 6.85. The number of ether oxygens (including phenoxy) is 1. The summed E-state index contributed by atoms with van der Waals surface area (Å²) in [4.78, 5) is 8.62. The van der Waals surface area contributed by atoms with E-state index < -0.39 is 17.9 Å². The van der Waals surface area contributed by atoms with Crippen molar-refractivity contribution in [3.8, 4) is 17.0 Å². The molecule has 1 aromatic heterocycles. The molecular weight excluding hydrogens is 416 g/mol. The lowest BCUT2D eigenvalue weighted by Gasteiger charge is -2.15. The van der Waals surface area contributed by atoms with Crippen molar-refractivity contribution in [1.29, 1.82) is 0 Å². The summed E-state index contributed by atoms with van der Waals surface area (Å²) in [5.41, 5.74) is 1.56. The number of aromatic nitrogens is 2. The van der Waals surface area contributed by atoms with Gasteiger partial charge in [-0.2, -0.15) is 4.98 Å². The fraction of sp³-hybridized carbons (Fsp3) is 0.238. The van der Waals surface area contributed by atoms with Crippen LogP contribution in [0.1, 0.15) is 12.5 Å². The van der Waals surface area contributed by atoms with Crippen molar-refractivity contribution in [2.45, 2.75) is 26.3 Å². The molecule has 0 aliphatic carbocycles. The monoisotopic (exact) mass is 436 g/mol. The number of anilines is 3. The van der Waals surface area contributed by atoms with Crippen LogP contribution in [-0.4, -0.2) is 34.1 Å². The number of nitrogens with one attached hydrogen (secondary N) is 2. The van der Waals surface area contributed by atoms with Gasteiger partial charge in [0, 0.05) is 23.4 Å². The van der Waals surface area contributed by atoms with Crippen molar-refractivity contribution in [1.82, 2.24) is 9.97 Å². The maximum Gasteiger partial charge on any atom is 0.573 e. The Labute approximate surface area is 175 Å². The molecule has 2 aromatic carbocycles. The average molecular weight is 436 g/mol. The number of benzene rings is 2. The summed E-state index contributed by atoms with van der Waals surface area (Å²) in [5, 5.41) is 15.2. The van der Waals surface area contributed by atoms with Crippen molar-refractivity contribution < 1.29 is 27.4 Å². The molecule has 6 nitrogen and oxygen atoms in total. The molecular formula is C21H20F4N4O2. The Kier molecular flexibility index (Phi) is 6.59. The standard InChI is InChI=1S/C21H20F4N4O2/c1-12-6-7-15(9-17(12)22)27-19-10-18(28-20(29-19)26-13(2)11-30)14-4-3-5-16(8-14)31-21(23,24)25/h3-10,13,30H,11H2,1-2H3,(H2,26,27,28,29)/t13-/m1/s1. The maximum atomic E-state index is 13.9. The largest absolute Gasteiger partial charge is 0.573 e. The molecule has 3 N–H and O–H groups in total. The van der Waals surface area contributed by atoms with E-state index in [1.807, 2.05) is 0 Å². The third kappa shape index (κ3) is 6.29. The molecule has 10 heteroatoms. The van der Waals surface area contributed by atoms with Gasteiger partial charge in [0.25, 0.3) is 0 Å². The van der Waals surface area contributed by atoms with Crippen molar-refractivity contribution in [3.63, 3.8) is 0 Å². The van der Waals surface area contributed by atoms with E-state index in [2.05, 4.69) is 25.3 Å². The number of halogens is 4. The highest BCUT2D eigenvalue weighted by Gasteiger charge is 2.31. The Morgan fingerprint density at radius 3 is 2.55 bits per heavy atom. The van der Waals surface area contributed by atoms with Crippen LogP contribution in [0.2, 0.25) is 0 Å². The molecule has 3 aromatic rings. The Balaban J connectivity index is 1.99. The lowest BCUT2D eigenvalue weighted by atomic mass is 10.1. The second-order valence-electron chi connectivity index (χ2n) is 6.85. The highest BCUT2D eigenvalue weighted by Crippen LogP contribution is 2.29. The molecule has 0 bridgehead atoms. The summed E-state index contributed by atoms with van der Waals surface area (Å²) in [6.45, 7) is 3.15. The van der Waals surface area contributed by atoms with Crippen LogP contribution in [0.3, 0.4) is 0 Å². The van der Waals surface area contributed by atoms with E-state index in [0.29, 0.717) is 22.5 Å². The maximum absolute atomic E-state index is 13.9. The number of alkyl halides is 3. The van der Waals surface area contributed by atoms with Gasteiger partial charge >= 0.3 is 6.36 Å². The Hall–Kier alpha value is -3.40. The summed E-state index contributed by atoms with van der Waals surface area (Å²) >= 11 is 0. The smallest absolute Gasteiger partial charge is 0.406 e. The summed E-state index contributed by atoms with van der Waals surface area (Å²) in [6, 6.07) is 11.1. The van der Waals surface area contributed by atoms with Gasteiger partial charge in [0.1, 0.15) is 17.4 Å². The first-order chi connectivity index (χ1) is 14.6. The molecule has 0 radical (unpaired) electrons. The number of aliphatic hydroxyl groups is 1. The van der Waals surface area contributed by atoms with Crippen LogP contribution >= 0.6 is 0 Å². The third-order valence-corrected chi connectivity index (χ3v) is 4.18. The van der Waals surface area contributed by atoms with Crippen molar-refractivity contribution in [2.75, 3.05) is 17.2 Å². The molecule has 0 fully saturated rings. The molecule has 0 amide bonds. The van der Waals surface area contributed by atoms with Crippen LogP contribution in [0.25, 0.3) is 11.3 Å². The summed E-state index contributed by atoms with van der Waals surface area (Å²) in [7, 11) is 0. The average Bonchev–Trinajstić information content (AvgIpc) is 2.69. The van der Waals surface area contributed by atoms with Gasteiger partial charge in [0.15, 0.2) is 0 Å². The number of aryl methyl sites for hydroxylation is 1. The number of hydrogen-bond donors (Lipinski definition) is 3. The van der Waals surface area contributed by atoms with Crippen LogP contribution < -0.4 is 15.4 Å².